The molecule has 0 saturated heterocycles. The number of anilines is 1. The van der Waals surface area contributed by atoms with Crippen molar-refractivity contribution >= 4 is 17.6 Å². The van der Waals surface area contributed by atoms with Crippen LogP contribution in [0.3, 0.4) is 0 Å². The van der Waals surface area contributed by atoms with Crippen molar-refractivity contribution in [2.45, 2.75) is 6.43 Å². The third-order valence-electron chi connectivity index (χ3n) is 1.87. The molecule has 1 rings (SSSR count). The fourth-order valence-electron chi connectivity index (χ4n) is 1.21. The molecule has 0 aliphatic carbocycles. The molecule has 7 heteroatoms. The van der Waals surface area contributed by atoms with Crippen molar-refractivity contribution in [2.75, 3.05) is 11.9 Å². The van der Waals surface area contributed by atoms with Gasteiger partial charge in [0.2, 0.25) is 0 Å². The maximum atomic E-state index is 12.0. The normalized spacial score (nSPS) is 10.2. The monoisotopic (exact) mass is 229 g/mol. The molecule has 0 bridgehead atoms. The summed E-state index contributed by atoms with van der Waals surface area (Å²) in [6.07, 6.45) is -1.79. The number of nitrogens with zero attached hydrogens (tertiary/aromatic N) is 1. The third kappa shape index (κ3) is 2.72. The van der Waals surface area contributed by atoms with Crippen LogP contribution in [0.2, 0.25) is 0 Å². The van der Waals surface area contributed by atoms with Gasteiger partial charge in [-0.1, -0.05) is 6.07 Å². The Bertz CT molecular complexity index is 410. The minimum absolute atomic E-state index is 0.00634. The van der Waals surface area contributed by atoms with Gasteiger partial charge in [0.1, 0.15) is 0 Å². The molecule has 0 amide bonds. The first-order valence-electron chi connectivity index (χ1n) is 4.36. The lowest BCUT2D eigenvalue weighted by molar-refractivity contribution is -0.384. The predicted octanol–water partition coefficient (Wildman–Crippen LogP) is 2.27. The third-order valence-corrected chi connectivity index (χ3v) is 1.87. The summed E-state index contributed by atoms with van der Waals surface area (Å²) >= 11 is 0. The van der Waals surface area contributed by atoms with Crippen molar-refractivity contribution in [2.24, 2.45) is 0 Å². The highest BCUT2D eigenvalue weighted by Crippen LogP contribution is 2.24. The van der Waals surface area contributed by atoms with Crippen LogP contribution in [0.25, 0.3) is 0 Å². The second kappa shape index (κ2) is 5.15. The molecule has 1 aromatic carbocycles. The number of rotatable bonds is 5. The van der Waals surface area contributed by atoms with E-state index in [1.165, 1.54) is 18.2 Å². The largest absolute Gasteiger partial charge is 0.379 e. The van der Waals surface area contributed by atoms with Gasteiger partial charge in [-0.15, -0.1) is 0 Å². The predicted molar refractivity (Wildman–Crippen MR) is 55.5 cm³/mol. The first kappa shape index (κ1) is 12.0. The summed E-state index contributed by atoms with van der Waals surface area (Å²) in [6.45, 7) is -0.609. The fourth-order valence-corrected chi connectivity index (χ4v) is 1.21. The van der Waals surface area contributed by atoms with E-state index in [0.717, 1.165) is 6.21 Å². The average Bonchev–Trinajstić information content (AvgIpc) is 2.25. The van der Waals surface area contributed by atoms with Gasteiger partial charge in [-0.2, -0.15) is 0 Å². The molecule has 86 valence electrons. The molecule has 0 fully saturated rings. The second-order valence-corrected chi connectivity index (χ2v) is 2.91. The summed E-state index contributed by atoms with van der Waals surface area (Å²) in [6, 6.07) is 4.00. The minimum atomic E-state index is -2.56. The molecule has 0 spiro atoms. The van der Waals surface area contributed by atoms with Crippen molar-refractivity contribution in [3.05, 3.63) is 33.9 Å². The first-order chi connectivity index (χ1) is 7.56. The number of hydrogen-bond donors (Lipinski definition) is 2. The van der Waals surface area contributed by atoms with Crippen molar-refractivity contribution in [1.29, 1.82) is 5.41 Å². The van der Waals surface area contributed by atoms with Crippen molar-refractivity contribution in [1.82, 2.24) is 0 Å². The van der Waals surface area contributed by atoms with Crippen LogP contribution in [0.15, 0.2) is 18.2 Å². The lowest BCUT2D eigenvalue weighted by Gasteiger charge is -2.08. The number of nitrogens with one attached hydrogen (secondary N) is 2. The van der Waals surface area contributed by atoms with E-state index in [-0.39, 0.29) is 16.9 Å². The highest BCUT2D eigenvalue weighted by molar-refractivity contribution is 5.91. The van der Waals surface area contributed by atoms with Crippen molar-refractivity contribution < 1.29 is 13.7 Å². The molecule has 2 N–H and O–H groups in total. The molecule has 5 nitrogen and oxygen atoms in total. The van der Waals surface area contributed by atoms with E-state index >= 15 is 0 Å². The summed E-state index contributed by atoms with van der Waals surface area (Å²) < 4.78 is 23.9. The van der Waals surface area contributed by atoms with E-state index in [2.05, 4.69) is 5.32 Å². The summed E-state index contributed by atoms with van der Waals surface area (Å²) in [4.78, 5) is 9.94. The van der Waals surface area contributed by atoms with E-state index in [1.807, 2.05) is 0 Å². The number of nitro benzene ring substituents is 1. The Morgan fingerprint density at radius 1 is 1.56 bits per heavy atom. The van der Waals surface area contributed by atoms with Crippen LogP contribution in [0.4, 0.5) is 20.2 Å². The van der Waals surface area contributed by atoms with Crippen LogP contribution in [0, 0.1) is 15.5 Å². The average molecular weight is 229 g/mol. The van der Waals surface area contributed by atoms with Crippen molar-refractivity contribution in [3.63, 3.8) is 0 Å². The fraction of sp³-hybridized carbons (Fsp3) is 0.222. The molecule has 0 aromatic heterocycles. The standard InChI is InChI=1S/C9H9F2N3O2/c10-9(11)5-13-7-2-1-3-8(14(15)16)6(7)4-12/h1-4,9,12-13H,5H2. The number of benzene rings is 1. The van der Waals surface area contributed by atoms with Gasteiger partial charge in [0.25, 0.3) is 12.1 Å². The Balaban J connectivity index is 3.04. The summed E-state index contributed by atoms with van der Waals surface area (Å²) in [5.74, 6) is 0. The van der Waals surface area contributed by atoms with E-state index in [9.17, 15) is 18.9 Å². The van der Waals surface area contributed by atoms with Gasteiger partial charge in [-0.05, 0) is 6.07 Å². The Labute approximate surface area is 89.7 Å². The Morgan fingerprint density at radius 2 is 2.25 bits per heavy atom. The molecular formula is C9H9F2N3O2. The maximum Gasteiger partial charge on any atom is 0.280 e. The number of halogens is 2. The molecule has 0 aliphatic rings. The Hall–Kier alpha value is -2.05. The zero-order valence-corrected chi connectivity index (χ0v) is 8.11. The van der Waals surface area contributed by atoms with Crippen molar-refractivity contribution in [3.8, 4) is 0 Å². The number of hydrogen-bond acceptors (Lipinski definition) is 4. The smallest absolute Gasteiger partial charge is 0.280 e. The Kier molecular flexibility index (Phi) is 3.87. The van der Waals surface area contributed by atoms with Crippen LogP contribution >= 0.6 is 0 Å². The van der Waals surface area contributed by atoms with Gasteiger partial charge in [0.05, 0.1) is 22.7 Å². The molecule has 0 aliphatic heterocycles. The van der Waals surface area contributed by atoms with E-state index in [1.54, 1.807) is 0 Å². The quantitative estimate of drug-likeness (QED) is 0.461. The van der Waals surface area contributed by atoms with Gasteiger partial charge in [-0.3, -0.25) is 10.1 Å². The lowest BCUT2D eigenvalue weighted by atomic mass is 10.1. The molecular weight excluding hydrogens is 220 g/mol. The highest BCUT2D eigenvalue weighted by Gasteiger charge is 2.15. The summed E-state index contributed by atoms with van der Waals surface area (Å²) in [7, 11) is 0. The maximum absolute atomic E-state index is 12.0. The molecule has 0 saturated carbocycles. The number of nitro groups is 1. The van der Waals surface area contributed by atoms with E-state index in [0.29, 0.717) is 0 Å². The van der Waals surface area contributed by atoms with Crippen LogP contribution in [0.1, 0.15) is 5.56 Å². The topological polar surface area (TPSA) is 79.0 Å². The second-order valence-electron chi connectivity index (χ2n) is 2.91. The lowest BCUT2D eigenvalue weighted by Crippen LogP contribution is -2.12. The summed E-state index contributed by atoms with van der Waals surface area (Å²) in [5, 5.41) is 20.0. The molecule has 0 heterocycles. The van der Waals surface area contributed by atoms with Crippen LogP contribution in [-0.4, -0.2) is 24.1 Å². The molecule has 0 atom stereocenters. The van der Waals surface area contributed by atoms with Crippen LogP contribution in [0.5, 0.6) is 0 Å². The molecule has 1 aromatic rings. The Morgan fingerprint density at radius 3 is 2.75 bits per heavy atom. The minimum Gasteiger partial charge on any atom is -0.379 e. The summed E-state index contributed by atoms with van der Waals surface area (Å²) in [5.41, 5.74) is -0.132. The number of alkyl halides is 2. The molecule has 0 unspecified atom stereocenters. The van der Waals surface area contributed by atoms with Crippen LogP contribution < -0.4 is 5.32 Å². The first-order valence-corrected chi connectivity index (χ1v) is 4.36. The van der Waals surface area contributed by atoms with E-state index < -0.39 is 17.9 Å². The van der Waals surface area contributed by atoms with Gasteiger partial charge >= 0.3 is 0 Å². The van der Waals surface area contributed by atoms with Crippen LogP contribution in [-0.2, 0) is 0 Å². The SMILES string of the molecule is N=Cc1c(NCC(F)F)cccc1[N+](=O)[O-]. The zero-order valence-electron chi connectivity index (χ0n) is 8.11. The molecule has 16 heavy (non-hydrogen) atoms. The molecule has 0 radical (unpaired) electrons. The van der Waals surface area contributed by atoms with Gasteiger partial charge < -0.3 is 10.7 Å². The highest BCUT2D eigenvalue weighted by atomic mass is 19.3. The zero-order chi connectivity index (χ0) is 12.1. The van der Waals surface area contributed by atoms with Gasteiger partial charge in [-0.25, -0.2) is 8.78 Å². The van der Waals surface area contributed by atoms with Gasteiger partial charge in [0, 0.05) is 12.3 Å². The van der Waals surface area contributed by atoms with E-state index in [4.69, 9.17) is 5.41 Å². The van der Waals surface area contributed by atoms with Gasteiger partial charge in [0.15, 0.2) is 0 Å².